The van der Waals surface area contributed by atoms with Crippen molar-refractivity contribution in [2.24, 2.45) is 0 Å². The van der Waals surface area contributed by atoms with E-state index in [9.17, 15) is 22.4 Å². The molecule has 5 rings (SSSR count). The molecule has 1 aliphatic heterocycles. The molecule has 2 heterocycles. The molecule has 1 N–H and O–H groups in total. The minimum absolute atomic E-state index is 0.161. The number of carbonyl (C=O) groups is 1. The number of amides is 1. The Hall–Kier alpha value is -4.01. The molecule has 0 saturated heterocycles. The fourth-order valence-corrected chi connectivity index (χ4v) is 4.85. The van der Waals surface area contributed by atoms with Gasteiger partial charge in [0, 0.05) is 28.7 Å². The summed E-state index contributed by atoms with van der Waals surface area (Å²) in [7, 11) is 3.07. The van der Waals surface area contributed by atoms with E-state index in [0.29, 0.717) is 47.4 Å². The Bertz CT molecular complexity index is 1460. The summed E-state index contributed by atoms with van der Waals surface area (Å²) in [4.78, 5) is 18.4. The van der Waals surface area contributed by atoms with Crippen LogP contribution in [0.3, 0.4) is 0 Å². The van der Waals surface area contributed by atoms with E-state index < -0.39 is 35.1 Å². The molecule has 186 valence electrons. The van der Waals surface area contributed by atoms with Gasteiger partial charge in [-0.1, -0.05) is 18.2 Å². The molecule has 1 aliphatic rings. The number of H-pyrrole nitrogens is 1. The molecule has 3 aromatic carbocycles. The molecule has 1 amide bonds. The third-order valence-electron chi connectivity index (χ3n) is 6.55. The van der Waals surface area contributed by atoms with Crippen molar-refractivity contribution in [1.29, 1.82) is 0 Å². The number of hydrogen-bond donors (Lipinski definition) is 1. The van der Waals surface area contributed by atoms with Gasteiger partial charge in [-0.25, -0.2) is 4.39 Å². The van der Waals surface area contributed by atoms with E-state index in [-0.39, 0.29) is 6.54 Å². The summed E-state index contributed by atoms with van der Waals surface area (Å²) in [5.41, 5.74) is 1.37. The normalized spacial score (nSPS) is 15.6. The number of aromatic amines is 1. The van der Waals surface area contributed by atoms with Crippen LogP contribution < -0.4 is 9.47 Å². The third kappa shape index (κ3) is 3.94. The first kappa shape index (κ1) is 23.7. The molecule has 1 atom stereocenters. The Morgan fingerprint density at radius 3 is 2.53 bits per heavy atom. The minimum Gasteiger partial charge on any atom is -0.497 e. The predicted molar refractivity (Wildman–Crippen MR) is 126 cm³/mol. The molecule has 9 heteroatoms. The molecular formula is C27H22F4N2O3. The summed E-state index contributed by atoms with van der Waals surface area (Å²) < 4.78 is 65.7. The lowest BCUT2D eigenvalue weighted by molar-refractivity contribution is -0.137. The van der Waals surface area contributed by atoms with Gasteiger partial charge in [-0.2, -0.15) is 13.2 Å². The Balaban J connectivity index is 1.69. The van der Waals surface area contributed by atoms with Crippen LogP contribution in [0.15, 0.2) is 60.7 Å². The van der Waals surface area contributed by atoms with Gasteiger partial charge in [0.15, 0.2) is 0 Å². The summed E-state index contributed by atoms with van der Waals surface area (Å²) in [5.74, 6) is -0.688. The van der Waals surface area contributed by atoms with Crippen LogP contribution in [0, 0.1) is 5.82 Å². The number of aromatic nitrogens is 1. The molecule has 0 fully saturated rings. The van der Waals surface area contributed by atoms with Crippen molar-refractivity contribution in [1.82, 2.24) is 9.88 Å². The number of fused-ring (bicyclic) bond motifs is 3. The molecule has 0 radical (unpaired) electrons. The topological polar surface area (TPSA) is 54.6 Å². The maximum atomic E-state index is 14.7. The van der Waals surface area contributed by atoms with Gasteiger partial charge in [0.25, 0.3) is 5.91 Å². The zero-order chi connectivity index (χ0) is 25.6. The lowest BCUT2D eigenvalue weighted by atomic mass is 9.91. The van der Waals surface area contributed by atoms with Gasteiger partial charge in [0.05, 0.1) is 25.3 Å². The molecule has 1 aromatic heterocycles. The summed E-state index contributed by atoms with van der Waals surface area (Å²) >= 11 is 0. The first-order chi connectivity index (χ1) is 17.2. The zero-order valence-electron chi connectivity index (χ0n) is 19.4. The van der Waals surface area contributed by atoms with Gasteiger partial charge in [0.1, 0.15) is 23.4 Å². The number of halogens is 4. The maximum Gasteiger partial charge on any atom is 0.416 e. The second kappa shape index (κ2) is 8.89. The van der Waals surface area contributed by atoms with Crippen LogP contribution in [-0.4, -0.2) is 36.6 Å². The van der Waals surface area contributed by atoms with Crippen LogP contribution in [0.2, 0.25) is 0 Å². The zero-order valence-corrected chi connectivity index (χ0v) is 19.4. The van der Waals surface area contributed by atoms with Crippen LogP contribution in [0.5, 0.6) is 11.5 Å². The van der Waals surface area contributed by atoms with E-state index in [4.69, 9.17) is 9.47 Å². The lowest BCUT2D eigenvalue weighted by Crippen LogP contribution is -2.41. The van der Waals surface area contributed by atoms with Gasteiger partial charge in [0.2, 0.25) is 0 Å². The largest absolute Gasteiger partial charge is 0.497 e. The average Bonchev–Trinajstić information content (AvgIpc) is 3.25. The van der Waals surface area contributed by atoms with Crippen LogP contribution >= 0.6 is 0 Å². The monoisotopic (exact) mass is 498 g/mol. The molecule has 36 heavy (non-hydrogen) atoms. The van der Waals surface area contributed by atoms with E-state index in [1.807, 2.05) is 18.2 Å². The molecule has 0 bridgehead atoms. The molecule has 0 unspecified atom stereocenters. The Kier molecular flexibility index (Phi) is 5.86. The summed E-state index contributed by atoms with van der Waals surface area (Å²) in [6.45, 7) is 0.161. The SMILES string of the molecule is COc1ccc2[nH]c3c(c2c1)CCN(C(=O)c1cc(C(F)(F)F)ccc1F)[C@@H]3c1ccccc1OC. The van der Waals surface area contributed by atoms with Crippen LogP contribution in [0.1, 0.15) is 38.8 Å². The number of ether oxygens (including phenoxy) is 2. The van der Waals surface area contributed by atoms with Crippen molar-refractivity contribution in [2.75, 3.05) is 20.8 Å². The second-order valence-corrected chi connectivity index (χ2v) is 8.51. The van der Waals surface area contributed by atoms with Crippen molar-refractivity contribution in [3.8, 4) is 11.5 Å². The van der Waals surface area contributed by atoms with E-state index in [1.165, 1.54) is 12.0 Å². The molecule has 0 spiro atoms. The number of methoxy groups -OCH3 is 2. The number of rotatable bonds is 4. The number of carbonyl (C=O) groups excluding carboxylic acids is 1. The lowest BCUT2D eigenvalue weighted by Gasteiger charge is -2.37. The highest BCUT2D eigenvalue weighted by Crippen LogP contribution is 2.43. The van der Waals surface area contributed by atoms with E-state index in [2.05, 4.69) is 4.98 Å². The second-order valence-electron chi connectivity index (χ2n) is 8.51. The van der Waals surface area contributed by atoms with E-state index in [0.717, 1.165) is 16.5 Å². The highest BCUT2D eigenvalue weighted by Gasteiger charge is 2.38. The van der Waals surface area contributed by atoms with Gasteiger partial charge >= 0.3 is 6.18 Å². The van der Waals surface area contributed by atoms with Crippen LogP contribution in [-0.2, 0) is 12.6 Å². The number of nitrogens with zero attached hydrogens (tertiary/aromatic N) is 1. The average molecular weight is 498 g/mol. The highest BCUT2D eigenvalue weighted by atomic mass is 19.4. The maximum absolute atomic E-state index is 14.7. The predicted octanol–water partition coefficient (Wildman–Crippen LogP) is 6.13. The van der Waals surface area contributed by atoms with Gasteiger partial charge in [-0.05, 0) is 54.4 Å². The number of benzene rings is 3. The Morgan fingerprint density at radius 1 is 1.03 bits per heavy atom. The smallest absolute Gasteiger partial charge is 0.416 e. The fraction of sp³-hybridized carbons (Fsp3) is 0.222. The summed E-state index contributed by atoms with van der Waals surface area (Å²) in [6, 6.07) is 13.8. The standard InChI is InChI=1S/C27H22F4N2O3/c1-35-16-8-10-22-19(14-16)17-11-12-33(25(24(17)32-22)18-5-3-4-6-23(18)36-2)26(34)20-13-15(27(29,30)31)7-9-21(20)28/h3-10,13-14,25,32H,11-12H2,1-2H3/t25-/m1/s1. The van der Waals surface area contributed by atoms with Crippen molar-refractivity contribution < 1.29 is 31.8 Å². The molecular weight excluding hydrogens is 476 g/mol. The van der Waals surface area contributed by atoms with Crippen molar-refractivity contribution in [3.63, 3.8) is 0 Å². The Labute approximate surface area is 204 Å². The van der Waals surface area contributed by atoms with Crippen LogP contribution in [0.25, 0.3) is 10.9 Å². The quantitative estimate of drug-likeness (QED) is 0.345. The summed E-state index contributed by atoms with van der Waals surface area (Å²) in [5, 5.41) is 0.918. The first-order valence-electron chi connectivity index (χ1n) is 11.2. The highest BCUT2D eigenvalue weighted by molar-refractivity contribution is 5.96. The molecule has 0 saturated carbocycles. The minimum atomic E-state index is -4.71. The summed E-state index contributed by atoms with van der Waals surface area (Å²) in [6.07, 6.45) is -4.30. The van der Waals surface area contributed by atoms with Gasteiger partial charge in [-0.15, -0.1) is 0 Å². The van der Waals surface area contributed by atoms with E-state index >= 15 is 0 Å². The molecule has 0 aliphatic carbocycles. The number of para-hydroxylation sites is 1. The first-order valence-corrected chi connectivity index (χ1v) is 11.2. The van der Waals surface area contributed by atoms with Crippen molar-refractivity contribution in [3.05, 3.63) is 94.4 Å². The number of nitrogens with one attached hydrogen (secondary N) is 1. The number of hydrogen-bond acceptors (Lipinski definition) is 3. The molecule has 4 aromatic rings. The Morgan fingerprint density at radius 2 is 1.81 bits per heavy atom. The van der Waals surface area contributed by atoms with E-state index in [1.54, 1.807) is 31.4 Å². The van der Waals surface area contributed by atoms with Crippen molar-refractivity contribution in [2.45, 2.75) is 18.6 Å². The third-order valence-corrected chi connectivity index (χ3v) is 6.55. The molecule has 5 nitrogen and oxygen atoms in total. The van der Waals surface area contributed by atoms with Gasteiger partial charge < -0.3 is 19.4 Å². The van der Waals surface area contributed by atoms with Gasteiger partial charge in [-0.3, -0.25) is 4.79 Å². The van der Waals surface area contributed by atoms with Crippen molar-refractivity contribution >= 4 is 16.8 Å². The number of alkyl halides is 3. The fourth-order valence-electron chi connectivity index (χ4n) is 4.85. The van der Waals surface area contributed by atoms with Crippen LogP contribution in [0.4, 0.5) is 17.6 Å².